The molecule has 1 N–H and O–H groups in total. The number of carboxylic acids is 1. The Hall–Kier alpha value is -2.38. The first-order chi connectivity index (χ1) is 12.5. The van der Waals surface area contributed by atoms with Gasteiger partial charge in [-0.1, -0.05) is 12.8 Å². The fraction of sp³-hybridized carbons (Fsp3) is 0.667. The van der Waals surface area contributed by atoms with Gasteiger partial charge in [0.15, 0.2) is 0 Å². The van der Waals surface area contributed by atoms with Crippen molar-refractivity contribution >= 4 is 17.8 Å². The first-order valence-electron chi connectivity index (χ1n) is 9.37. The fourth-order valence-corrected chi connectivity index (χ4v) is 3.67. The predicted molar refractivity (Wildman–Crippen MR) is 93.7 cm³/mol. The quantitative estimate of drug-likeness (QED) is 0.876. The Kier molecular flexibility index (Phi) is 5.90. The maximum Gasteiger partial charge on any atom is 0.338 e. The number of hydrogen-bond donors (Lipinski definition) is 1. The van der Waals surface area contributed by atoms with Gasteiger partial charge in [0.25, 0.3) is 0 Å². The number of carbonyl (C=O) groups excluding carboxylic acids is 2. The highest BCUT2D eigenvalue weighted by Gasteiger charge is 2.27. The summed E-state index contributed by atoms with van der Waals surface area (Å²) in [5.74, 6) is -0.892. The van der Waals surface area contributed by atoms with E-state index in [1.54, 1.807) is 15.8 Å². The molecule has 26 heavy (non-hydrogen) atoms. The zero-order valence-corrected chi connectivity index (χ0v) is 15.0. The van der Waals surface area contributed by atoms with Gasteiger partial charge in [0, 0.05) is 32.3 Å². The lowest BCUT2D eigenvalue weighted by Gasteiger charge is -2.34. The van der Waals surface area contributed by atoms with Crippen LogP contribution in [0.1, 0.15) is 61.3 Å². The highest BCUT2D eigenvalue weighted by Crippen LogP contribution is 2.22. The number of likely N-dealkylation sites (tertiary alicyclic amines) is 2. The molecular formula is C18H26N4O4. The van der Waals surface area contributed by atoms with Gasteiger partial charge < -0.3 is 14.9 Å². The molecule has 8 heteroatoms. The van der Waals surface area contributed by atoms with Gasteiger partial charge >= 0.3 is 5.97 Å². The van der Waals surface area contributed by atoms with E-state index in [1.165, 1.54) is 6.20 Å². The van der Waals surface area contributed by atoms with Crippen molar-refractivity contribution in [1.29, 1.82) is 0 Å². The third-order valence-electron chi connectivity index (χ3n) is 5.29. The topological polar surface area (TPSA) is 95.7 Å². The molecule has 0 spiro atoms. The van der Waals surface area contributed by atoms with E-state index in [0.717, 1.165) is 38.5 Å². The molecule has 0 bridgehead atoms. The van der Waals surface area contributed by atoms with Crippen LogP contribution in [0.15, 0.2) is 12.4 Å². The van der Waals surface area contributed by atoms with E-state index in [1.807, 2.05) is 4.90 Å². The van der Waals surface area contributed by atoms with E-state index in [0.29, 0.717) is 26.1 Å². The van der Waals surface area contributed by atoms with Crippen molar-refractivity contribution in [2.24, 2.45) is 0 Å². The van der Waals surface area contributed by atoms with Gasteiger partial charge in [-0.05, 0) is 25.7 Å². The van der Waals surface area contributed by atoms with Gasteiger partial charge in [-0.25, -0.2) is 4.79 Å². The average Bonchev–Trinajstić information content (AvgIpc) is 3.12. The number of carboxylic acid groups (broad SMARTS) is 1. The first kappa shape index (κ1) is 18.4. The Labute approximate surface area is 152 Å². The van der Waals surface area contributed by atoms with Crippen LogP contribution in [-0.4, -0.2) is 68.6 Å². The van der Waals surface area contributed by atoms with Crippen LogP contribution in [-0.2, 0) is 9.59 Å². The zero-order valence-electron chi connectivity index (χ0n) is 15.0. The zero-order chi connectivity index (χ0) is 18.5. The van der Waals surface area contributed by atoms with E-state index < -0.39 is 5.97 Å². The lowest BCUT2D eigenvalue weighted by atomic mass is 10.0. The third kappa shape index (κ3) is 4.42. The molecule has 2 amide bonds. The first-order valence-corrected chi connectivity index (χ1v) is 9.37. The summed E-state index contributed by atoms with van der Waals surface area (Å²) in [6.07, 6.45) is 9.01. The summed E-state index contributed by atoms with van der Waals surface area (Å²) in [5.41, 5.74) is 0.180. The van der Waals surface area contributed by atoms with Crippen molar-refractivity contribution in [2.45, 2.75) is 51.0 Å². The molecule has 0 aromatic carbocycles. The Morgan fingerprint density at radius 2 is 1.85 bits per heavy atom. The number of amides is 2. The van der Waals surface area contributed by atoms with Gasteiger partial charge in [0.1, 0.15) is 0 Å². The molecule has 3 rings (SSSR count). The Morgan fingerprint density at radius 1 is 1.12 bits per heavy atom. The van der Waals surface area contributed by atoms with Crippen molar-refractivity contribution in [3.05, 3.63) is 18.0 Å². The summed E-state index contributed by atoms with van der Waals surface area (Å²) < 4.78 is 1.69. The number of piperidine rings is 1. The van der Waals surface area contributed by atoms with Crippen LogP contribution in [0.5, 0.6) is 0 Å². The summed E-state index contributed by atoms with van der Waals surface area (Å²) in [6, 6.07) is 0.107. The van der Waals surface area contributed by atoms with E-state index in [4.69, 9.17) is 5.11 Å². The maximum absolute atomic E-state index is 12.6. The number of carbonyl (C=O) groups is 3. The molecule has 0 aliphatic carbocycles. The Balaban J connectivity index is 1.51. The van der Waals surface area contributed by atoms with Gasteiger partial charge in [-0.3, -0.25) is 14.3 Å². The minimum Gasteiger partial charge on any atom is -0.478 e. The third-order valence-corrected chi connectivity index (χ3v) is 5.29. The summed E-state index contributed by atoms with van der Waals surface area (Å²) in [7, 11) is 0. The van der Waals surface area contributed by atoms with Crippen LogP contribution in [0.3, 0.4) is 0 Å². The SMILES string of the molecule is O=C(O)c1cnn(C2CCN(C(=O)CN3CCCCCCC3=O)CC2)c1. The van der Waals surface area contributed by atoms with Crippen molar-refractivity contribution in [1.82, 2.24) is 19.6 Å². The Morgan fingerprint density at radius 3 is 2.54 bits per heavy atom. The molecular weight excluding hydrogens is 336 g/mol. The van der Waals surface area contributed by atoms with Gasteiger partial charge in [0.05, 0.1) is 24.3 Å². The van der Waals surface area contributed by atoms with Crippen LogP contribution in [0.4, 0.5) is 0 Å². The molecule has 0 radical (unpaired) electrons. The molecule has 2 aliphatic rings. The van der Waals surface area contributed by atoms with Crippen LogP contribution < -0.4 is 0 Å². The molecule has 142 valence electrons. The van der Waals surface area contributed by atoms with E-state index in [2.05, 4.69) is 5.10 Å². The summed E-state index contributed by atoms with van der Waals surface area (Å²) in [6.45, 7) is 2.06. The van der Waals surface area contributed by atoms with Crippen LogP contribution >= 0.6 is 0 Å². The minimum absolute atomic E-state index is 0.00376. The molecule has 2 fully saturated rings. The minimum atomic E-state index is -0.984. The van der Waals surface area contributed by atoms with E-state index in [-0.39, 0.29) is 30.0 Å². The number of aromatic nitrogens is 2. The molecule has 8 nitrogen and oxygen atoms in total. The highest BCUT2D eigenvalue weighted by molar-refractivity contribution is 5.87. The normalized spacial score (nSPS) is 19.9. The number of aromatic carboxylic acids is 1. The van der Waals surface area contributed by atoms with E-state index in [9.17, 15) is 14.4 Å². The summed E-state index contributed by atoms with van der Waals surface area (Å²) >= 11 is 0. The van der Waals surface area contributed by atoms with Crippen molar-refractivity contribution in [3.63, 3.8) is 0 Å². The molecule has 1 aromatic heterocycles. The lowest BCUT2D eigenvalue weighted by molar-refractivity contribution is -0.141. The number of hydrogen-bond acceptors (Lipinski definition) is 4. The maximum atomic E-state index is 12.6. The monoisotopic (exact) mass is 362 g/mol. The Bertz CT molecular complexity index is 664. The molecule has 2 saturated heterocycles. The van der Waals surface area contributed by atoms with Gasteiger partial charge in [-0.2, -0.15) is 5.10 Å². The standard InChI is InChI=1S/C18H26N4O4/c23-16-5-3-1-2-4-8-21(16)13-17(24)20-9-6-15(7-10-20)22-12-14(11-19-22)18(25)26/h11-12,15H,1-10,13H2,(H,25,26). The van der Waals surface area contributed by atoms with Crippen LogP contribution in [0.2, 0.25) is 0 Å². The molecule has 0 saturated carbocycles. The number of rotatable bonds is 4. The highest BCUT2D eigenvalue weighted by atomic mass is 16.4. The van der Waals surface area contributed by atoms with Crippen molar-refractivity contribution < 1.29 is 19.5 Å². The molecule has 2 aliphatic heterocycles. The molecule has 3 heterocycles. The predicted octanol–water partition coefficient (Wildman–Crippen LogP) is 1.54. The van der Waals surface area contributed by atoms with E-state index >= 15 is 0 Å². The van der Waals surface area contributed by atoms with Gasteiger partial charge in [0.2, 0.25) is 11.8 Å². The summed E-state index contributed by atoms with van der Waals surface area (Å²) in [5, 5.41) is 13.1. The largest absolute Gasteiger partial charge is 0.478 e. The molecule has 1 aromatic rings. The molecule has 0 atom stereocenters. The fourth-order valence-electron chi connectivity index (χ4n) is 3.67. The van der Waals surface area contributed by atoms with Crippen molar-refractivity contribution in [3.8, 4) is 0 Å². The average molecular weight is 362 g/mol. The summed E-state index contributed by atoms with van der Waals surface area (Å²) in [4.78, 5) is 39.2. The second-order valence-electron chi connectivity index (χ2n) is 7.11. The van der Waals surface area contributed by atoms with Crippen LogP contribution in [0, 0.1) is 0 Å². The number of nitrogens with zero attached hydrogens (tertiary/aromatic N) is 4. The van der Waals surface area contributed by atoms with Crippen LogP contribution in [0.25, 0.3) is 0 Å². The second kappa shape index (κ2) is 8.33. The lowest BCUT2D eigenvalue weighted by Crippen LogP contribution is -2.46. The van der Waals surface area contributed by atoms with Crippen molar-refractivity contribution in [2.75, 3.05) is 26.2 Å². The smallest absolute Gasteiger partial charge is 0.338 e. The molecule has 0 unspecified atom stereocenters. The van der Waals surface area contributed by atoms with Gasteiger partial charge in [-0.15, -0.1) is 0 Å². The second-order valence-corrected chi connectivity index (χ2v) is 7.11.